The van der Waals surface area contributed by atoms with E-state index in [4.69, 9.17) is 4.74 Å². The van der Waals surface area contributed by atoms with Gasteiger partial charge in [0.05, 0.1) is 7.11 Å². The van der Waals surface area contributed by atoms with Crippen LogP contribution in [0.25, 0.3) is 0 Å². The van der Waals surface area contributed by atoms with Crippen molar-refractivity contribution in [3.63, 3.8) is 0 Å². The van der Waals surface area contributed by atoms with Crippen molar-refractivity contribution in [1.29, 1.82) is 0 Å². The van der Waals surface area contributed by atoms with Crippen LogP contribution in [0.2, 0.25) is 0 Å². The number of rotatable bonds is 3. The second-order valence-electron chi connectivity index (χ2n) is 6.63. The molecule has 0 atom stereocenters. The van der Waals surface area contributed by atoms with Crippen LogP contribution in [0.4, 0.5) is 0 Å². The van der Waals surface area contributed by atoms with Crippen molar-refractivity contribution < 1.29 is 14.3 Å². The molecule has 26 heavy (non-hydrogen) atoms. The highest BCUT2D eigenvalue weighted by Crippen LogP contribution is 2.17. The monoisotopic (exact) mass is 352 g/mol. The molecule has 0 bridgehead atoms. The Morgan fingerprint density at radius 1 is 0.846 bits per heavy atom. The van der Waals surface area contributed by atoms with Gasteiger partial charge in [0.25, 0.3) is 11.8 Å². The minimum atomic E-state index is -0.00808. The summed E-state index contributed by atoms with van der Waals surface area (Å²) in [4.78, 5) is 29.0. The Hall–Kier alpha value is -2.82. The normalized spacial score (nSPS) is 14.3. The van der Waals surface area contributed by atoms with Gasteiger partial charge in [-0.1, -0.05) is 17.7 Å². The van der Waals surface area contributed by atoms with E-state index >= 15 is 0 Å². The molecule has 1 fully saturated rings. The van der Waals surface area contributed by atoms with Crippen molar-refractivity contribution in [1.82, 2.24) is 9.80 Å². The zero-order valence-electron chi connectivity index (χ0n) is 15.5. The summed E-state index contributed by atoms with van der Waals surface area (Å²) in [6.45, 7) is 6.17. The van der Waals surface area contributed by atoms with Crippen LogP contribution in [0.15, 0.2) is 42.5 Å². The Kier molecular flexibility index (Phi) is 5.26. The van der Waals surface area contributed by atoms with E-state index < -0.39 is 0 Å². The van der Waals surface area contributed by atoms with Gasteiger partial charge in [0.2, 0.25) is 0 Å². The average molecular weight is 352 g/mol. The van der Waals surface area contributed by atoms with Crippen molar-refractivity contribution in [2.24, 2.45) is 0 Å². The first-order chi connectivity index (χ1) is 12.5. The third-order valence-electron chi connectivity index (χ3n) is 4.80. The maximum Gasteiger partial charge on any atom is 0.254 e. The number of ether oxygens (including phenoxy) is 1. The third kappa shape index (κ3) is 3.72. The Labute approximate surface area is 154 Å². The fourth-order valence-corrected chi connectivity index (χ4v) is 3.25. The molecule has 0 aromatic heterocycles. The van der Waals surface area contributed by atoms with E-state index in [1.807, 2.05) is 36.9 Å². The highest BCUT2D eigenvalue weighted by Gasteiger charge is 2.26. The molecule has 136 valence electrons. The molecule has 3 rings (SSSR count). The molecule has 1 saturated heterocycles. The largest absolute Gasteiger partial charge is 0.497 e. The van der Waals surface area contributed by atoms with Gasteiger partial charge in [-0.2, -0.15) is 0 Å². The minimum absolute atomic E-state index is 0.00808. The van der Waals surface area contributed by atoms with E-state index in [-0.39, 0.29) is 11.8 Å². The molecular weight excluding hydrogens is 328 g/mol. The molecule has 2 amide bonds. The minimum Gasteiger partial charge on any atom is -0.497 e. The lowest BCUT2D eigenvalue weighted by Gasteiger charge is -2.35. The number of aryl methyl sites for hydroxylation is 2. The van der Waals surface area contributed by atoms with Crippen LogP contribution in [0.1, 0.15) is 31.8 Å². The van der Waals surface area contributed by atoms with E-state index in [0.717, 1.165) is 22.4 Å². The van der Waals surface area contributed by atoms with Crippen LogP contribution in [0, 0.1) is 13.8 Å². The van der Waals surface area contributed by atoms with Crippen molar-refractivity contribution in [3.05, 3.63) is 64.7 Å². The smallest absolute Gasteiger partial charge is 0.254 e. The summed E-state index contributed by atoms with van der Waals surface area (Å²) in [6, 6.07) is 13.0. The van der Waals surface area contributed by atoms with E-state index in [2.05, 4.69) is 0 Å². The number of nitrogens with zero attached hydrogens (tertiary/aromatic N) is 2. The summed E-state index contributed by atoms with van der Waals surface area (Å²) in [7, 11) is 1.60. The number of amides is 2. The Morgan fingerprint density at radius 3 is 1.96 bits per heavy atom. The van der Waals surface area contributed by atoms with Crippen LogP contribution in [0.3, 0.4) is 0 Å². The zero-order valence-corrected chi connectivity index (χ0v) is 15.5. The molecule has 1 heterocycles. The highest BCUT2D eigenvalue weighted by molar-refractivity contribution is 5.97. The number of methoxy groups -OCH3 is 1. The molecule has 5 nitrogen and oxygen atoms in total. The molecular formula is C21H24N2O3. The van der Waals surface area contributed by atoms with Crippen LogP contribution in [0.5, 0.6) is 5.75 Å². The molecule has 0 radical (unpaired) electrons. The van der Waals surface area contributed by atoms with E-state index in [9.17, 15) is 9.59 Å². The molecule has 0 aliphatic carbocycles. The second kappa shape index (κ2) is 7.60. The third-order valence-corrected chi connectivity index (χ3v) is 4.80. The first kappa shape index (κ1) is 18.0. The molecule has 0 unspecified atom stereocenters. The number of hydrogen-bond acceptors (Lipinski definition) is 3. The Balaban J connectivity index is 1.63. The molecule has 2 aromatic rings. The van der Waals surface area contributed by atoms with E-state index in [1.165, 1.54) is 0 Å². The quantitative estimate of drug-likeness (QED) is 0.853. The van der Waals surface area contributed by atoms with Gasteiger partial charge < -0.3 is 14.5 Å². The summed E-state index contributed by atoms with van der Waals surface area (Å²) >= 11 is 0. The second-order valence-corrected chi connectivity index (χ2v) is 6.63. The van der Waals surface area contributed by atoms with Crippen LogP contribution in [-0.2, 0) is 0 Å². The molecule has 0 saturated carbocycles. The Morgan fingerprint density at radius 2 is 1.42 bits per heavy atom. The summed E-state index contributed by atoms with van der Waals surface area (Å²) in [5.74, 6) is 0.760. The van der Waals surface area contributed by atoms with Gasteiger partial charge in [-0.25, -0.2) is 0 Å². The maximum absolute atomic E-state index is 12.8. The highest BCUT2D eigenvalue weighted by atomic mass is 16.5. The topological polar surface area (TPSA) is 49.9 Å². The van der Waals surface area contributed by atoms with Gasteiger partial charge in [-0.15, -0.1) is 0 Å². The zero-order chi connectivity index (χ0) is 18.7. The lowest BCUT2D eigenvalue weighted by atomic mass is 10.0. The van der Waals surface area contributed by atoms with Crippen molar-refractivity contribution in [2.75, 3.05) is 33.3 Å². The molecule has 0 spiro atoms. The summed E-state index contributed by atoms with van der Waals surface area (Å²) < 4.78 is 5.12. The van der Waals surface area contributed by atoms with Crippen molar-refractivity contribution in [2.45, 2.75) is 13.8 Å². The molecule has 5 heteroatoms. The van der Waals surface area contributed by atoms with Gasteiger partial charge in [-0.05, 0) is 49.7 Å². The first-order valence-corrected chi connectivity index (χ1v) is 8.79. The van der Waals surface area contributed by atoms with E-state index in [0.29, 0.717) is 31.7 Å². The first-order valence-electron chi connectivity index (χ1n) is 8.79. The number of benzene rings is 2. The maximum atomic E-state index is 12.8. The summed E-state index contributed by atoms with van der Waals surface area (Å²) in [5.41, 5.74) is 3.52. The summed E-state index contributed by atoms with van der Waals surface area (Å²) in [6.07, 6.45) is 0. The van der Waals surface area contributed by atoms with Gasteiger partial charge in [0, 0.05) is 37.3 Å². The van der Waals surface area contributed by atoms with Gasteiger partial charge >= 0.3 is 0 Å². The number of piperazine rings is 1. The molecule has 0 N–H and O–H groups in total. The number of hydrogen-bond donors (Lipinski definition) is 0. The molecule has 2 aromatic carbocycles. The SMILES string of the molecule is COc1ccc(C(=O)N2CCN(C(=O)c3ccc(C)cc3C)CC2)cc1. The number of carbonyl (C=O) groups excluding carboxylic acids is 2. The van der Waals surface area contributed by atoms with Crippen LogP contribution < -0.4 is 4.74 Å². The van der Waals surface area contributed by atoms with Crippen LogP contribution >= 0.6 is 0 Å². The summed E-state index contributed by atoms with van der Waals surface area (Å²) in [5, 5.41) is 0. The van der Waals surface area contributed by atoms with E-state index in [1.54, 1.807) is 36.3 Å². The van der Waals surface area contributed by atoms with Gasteiger partial charge in [0.1, 0.15) is 5.75 Å². The predicted octanol–water partition coefficient (Wildman–Crippen LogP) is 2.91. The predicted molar refractivity (Wildman–Crippen MR) is 101 cm³/mol. The van der Waals surface area contributed by atoms with Crippen molar-refractivity contribution >= 4 is 11.8 Å². The van der Waals surface area contributed by atoms with Crippen molar-refractivity contribution in [3.8, 4) is 5.75 Å². The fourth-order valence-electron chi connectivity index (χ4n) is 3.25. The average Bonchev–Trinajstić information content (AvgIpc) is 2.67. The lowest BCUT2D eigenvalue weighted by Crippen LogP contribution is -2.50. The van der Waals surface area contributed by atoms with Gasteiger partial charge in [-0.3, -0.25) is 9.59 Å². The molecule has 1 aliphatic rings. The van der Waals surface area contributed by atoms with Crippen LogP contribution in [-0.4, -0.2) is 54.9 Å². The fraction of sp³-hybridized carbons (Fsp3) is 0.333. The Bertz CT molecular complexity index is 807. The standard InChI is InChI=1S/C21H24N2O3/c1-15-4-9-19(16(2)14-15)21(25)23-12-10-22(11-13-23)20(24)17-5-7-18(26-3)8-6-17/h4-9,14H,10-13H2,1-3H3. The number of carbonyl (C=O) groups is 2. The molecule has 1 aliphatic heterocycles. The lowest BCUT2D eigenvalue weighted by molar-refractivity contribution is 0.0535. The van der Waals surface area contributed by atoms with Gasteiger partial charge in [0.15, 0.2) is 0 Å².